The number of aromatic amines is 2. The number of nitrogens with one attached hydrogen (secondary N) is 4. The molecule has 6 heterocycles. The Bertz CT molecular complexity index is 2540. The lowest BCUT2D eigenvalue weighted by molar-refractivity contribution is -0.139. The first kappa shape index (κ1) is 41.1. The minimum atomic E-state index is -0.702. The van der Waals surface area contributed by atoms with Crippen LogP contribution in [0.1, 0.15) is 96.7 Å². The Balaban J connectivity index is 0.950. The number of amides is 4. The smallest absolute Gasteiger partial charge is 0.407 e. The summed E-state index contributed by atoms with van der Waals surface area (Å²) in [7, 11) is 2.60. The predicted octanol–water partition coefficient (Wildman–Crippen LogP) is 7.48. The van der Waals surface area contributed by atoms with Crippen LogP contribution in [-0.2, 0) is 19.1 Å². The molecule has 16 nitrogen and oxygen atoms in total. The molecule has 3 fully saturated rings. The second kappa shape index (κ2) is 16.2. The number of H-pyrrole nitrogens is 2. The molecule has 16 heteroatoms. The van der Waals surface area contributed by atoms with Gasteiger partial charge in [0.05, 0.1) is 61.3 Å². The number of methoxy groups -OCH3 is 2. The number of hydrogen-bond donors (Lipinski definition) is 4. The zero-order chi connectivity index (χ0) is 43.6. The van der Waals surface area contributed by atoms with Crippen molar-refractivity contribution in [2.24, 2.45) is 17.8 Å². The first-order valence-electron chi connectivity index (χ1n) is 21.7. The molecule has 2 saturated heterocycles. The van der Waals surface area contributed by atoms with E-state index in [4.69, 9.17) is 24.2 Å². The Hall–Kier alpha value is -6.32. The summed E-state index contributed by atoms with van der Waals surface area (Å²) in [6.45, 7) is 10.3. The number of likely N-dealkylation sites (tertiary alicyclic amines) is 2. The fraction of sp³-hybridized carbons (Fsp3) is 0.478. The van der Waals surface area contributed by atoms with E-state index in [-0.39, 0.29) is 53.9 Å². The molecule has 4 amide bonds. The number of imidazole rings is 2. The van der Waals surface area contributed by atoms with E-state index in [1.54, 1.807) is 0 Å². The van der Waals surface area contributed by atoms with Crippen molar-refractivity contribution in [1.29, 1.82) is 0 Å². The Morgan fingerprint density at radius 1 is 0.806 bits per heavy atom. The number of nitrogens with zero attached hydrogens (tertiary/aromatic N) is 5. The molecule has 5 aromatic rings. The van der Waals surface area contributed by atoms with Crippen LogP contribution < -0.4 is 15.4 Å². The number of fused-ring (bicyclic) bond motifs is 7. The zero-order valence-corrected chi connectivity index (χ0v) is 36.2. The standard InChI is InChI=1S/C46H55N9O7/c1-23(2)38(51-45(58)60-6)43(56)53-16-8-9-35(53)41-47-21-32(49-41)26-12-15-34-29(17-26)19-36-31-14-11-27(20-37(31)62-25(5)54(34)36)33-22-48-42(50-33)40-28-10-13-30(18-28)55(40)44(57)39(24(3)4)52-46(59)61-7/h11-12,14-15,17,19-25,28,30,35,38-40H,8-10,13,16,18H2,1-7H3,(H,47,49)(H,48,50)(H,51,58)(H,52,59)/t25?,28-,30-,35+,38+,39+,40+/m1/s1. The molecular weight excluding hydrogens is 791 g/mol. The van der Waals surface area contributed by atoms with E-state index in [0.717, 1.165) is 88.4 Å². The van der Waals surface area contributed by atoms with E-state index < -0.39 is 24.3 Å². The summed E-state index contributed by atoms with van der Waals surface area (Å²) in [5.41, 5.74) is 6.64. The molecule has 2 bridgehead atoms. The summed E-state index contributed by atoms with van der Waals surface area (Å²) >= 11 is 0. The van der Waals surface area contributed by atoms with E-state index in [2.05, 4.69) is 61.6 Å². The highest BCUT2D eigenvalue weighted by atomic mass is 16.5. The van der Waals surface area contributed by atoms with Crippen LogP contribution in [0.15, 0.2) is 54.9 Å². The highest BCUT2D eigenvalue weighted by Crippen LogP contribution is 2.51. The fourth-order valence-electron chi connectivity index (χ4n) is 10.2. The summed E-state index contributed by atoms with van der Waals surface area (Å²) in [5, 5.41) is 6.53. The van der Waals surface area contributed by atoms with E-state index in [1.165, 1.54) is 14.2 Å². The van der Waals surface area contributed by atoms with Gasteiger partial charge in [0, 0.05) is 34.7 Å². The fourth-order valence-corrected chi connectivity index (χ4v) is 10.2. The van der Waals surface area contributed by atoms with Crippen LogP contribution in [0.2, 0.25) is 0 Å². The van der Waals surface area contributed by atoms with Gasteiger partial charge in [-0.2, -0.15) is 0 Å². The molecule has 9 rings (SSSR count). The lowest BCUT2D eigenvalue weighted by Crippen LogP contribution is -2.54. The average Bonchev–Trinajstić information content (AvgIpc) is 4.12. The number of piperidine rings is 1. The number of aromatic nitrogens is 5. The highest BCUT2D eigenvalue weighted by molar-refractivity contribution is 5.92. The lowest BCUT2D eigenvalue weighted by Gasteiger charge is -2.37. The van der Waals surface area contributed by atoms with Gasteiger partial charge in [-0.3, -0.25) is 9.59 Å². The summed E-state index contributed by atoms with van der Waals surface area (Å²) < 4.78 is 18.4. The Morgan fingerprint density at radius 2 is 1.45 bits per heavy atom. The Morgan fingerprint density at radius 3 is 2.15 bits per heavy atom. The first-order chi connectivity index (χ1) is 29.8. The topological polar surface area (TPSA) is 189 Å². The van der Waals surface area contributed by atoms with Crippen molar-refractivity contribution in [1.82, 2.24) is 44.9 Å². The van der Waals surface area contributed by atoms with Crippen LogP contribution >= 0.6 is 0 Å². The Kier molecular flexibility index (Phi) is 10.7. The molecule has 0 spiro atoms. The van der Waals surface area contributed by atoms with Gasteiger partial charge in [0.15, 0.2) is 6.23 Å². The van der Waals surface area contributed by atoms with Crippen molar-refractivity contribution in [2.45, 2.75) is 103 Å². The summed E-state index contributed by atoms with van der Waals surface area (Å²) in [4.78, 5) is 72.4. The average molecular weight is 846 g/mol. The molecule has 326 valence electrons. The van der Waals surface area contributed by atoms with Crippen molar-refractivity contribution >= 4 is 34.9 Å². The predicted molar refractivity (Wildman–Crippen MR) is 231 cm³/mol. The van der Waals surface area contributed by atoms with Gasteiger partial charge in [-0.25, -0.2) is 19.6 Å². The maximum atomic E-state index is 14.1. The second-order valence-electron chi connectivity index (χ2n) is 17.8. The molecule has 0 radical (unpaired) electrons. The SMILES string of the molecule is COC(=O)N[C@H](C(=O)N1CCC[C@H]1c1ncc(-c2ccc3c(c2)cc2n3C(C)Oc3cc(-c4cnc([C@@H]5[C@@H]6CC[C@H](C6)N5C(=O)[C@@H](NC(=O)OC)C(C)C)[nH]4)ccc3-2)[nH]1)C(C)C. The van der Waals surface area contributed by atoms with Gasteiger partial charge in [0.1, 0.15) is 29.5 Å². The van der Waals surface area contributed by atoms with Gasteiger partial charge in [0.25, 0.3) is 0 Å². The number of alkyl carbamates (subject to hydrolysis) is 2. The molecule has 1 saturated carbocycles. The molecule has 7 atom stereocenters. The van der Waals surface area contributed by atoms with Gasteiger partial charge >= 0.3 is 12.2 Å². The number of carbonyl (C=O) groups excluding carboxylic acids is 4. The van der Waals surface area contributed by atoms with Crippen LogP contribution in [0, 0.1) is 17.8 Å². The Labute approximate surface area is 360 Å². The van der Waals surface area contributed by atoms with Crippen molar-refractivity contribution < 1.29 is 33.4 Å². The summed E-state index contributed by atoms with van der Waals surface area (Å²) in [6.07, 6.45) is 6.61. The van der Waals surface area contributed by atoms with Gasteiger partial charge in [-0.1, -0.05) is 39.8 Å². The van der Waals surface area contributed by atoms with Crippen molar-refractivity contribution in [3.63, 3.8) is 0 Å². The summed E-state index contributed by atoms with van der Waals surface area (Å²) in [6, 6.07) is 13.0. The van der Waals surface area contributed by atoms with Gasteiger partial charge < -0.3 is 49.2 Å². The van der Waals surface area contributed by atoms with Crippen molar-refractivity contribution in [3.8, 4) is 39.5 Å². The monoisotopic (exact) mass is 845 g/mol. The van der Waals surface area contributed by atoms with E-state index in [0.29, 0.717) is 12.4 Å². The van der Waals surface area contributed by atoms with Crippen LogP contribution in [0.25, 0.3) is 44.7 Å². The maximum absolute atomic E-state index is 14.1. The van der Waals surface area contributed by atoms with Crippen LogP contribution in [0.4, 0.5) is 9.59 Å². The number of rotatable bonds is 10. The van der Waals surface area contributed by atoms with Crippen molar-refractivity contribution in [2.75, 3.05) is 20.8 Å². The van der Waals surface area contributed by atoms with Crippen LogP contribution in [0.5, 0.6) is 5.75 Å². The van der Waals surface area contributed by atoms with Gasteiger partial charge in [-0.05, 0) is 87.1 Å². The molecule has 4 N–H and O–H groups in total. The molecule has 2 aromatic carbocycles. The van der Waals surface area contributed by atoms with E-state index >= 15 is 0 Å². The zero-order valence-electron chi connectivity index (χ0n) is 36.2. The van der Waals surface area contributed by atoms with Crippen LogP contribution in [-0.4, -0.2) is 97.2 Å². The van der Waals surface area contributed by atoms with Crippen LogP contribution in [0.3, 0.4) is 0 Å². The summed E-state index contributed by atoms with van der Waals surface area (Å²) in [5.74, 6) is 2.03. The van der Waals surface area contributed by atoms with E-state index in [1.807, 2.05) is 62.9 Å². The molecule has 3 aliphatic heterocycles. The molecule has 62 heavy (non-hydrogen) atoms. The number of hydrogen-bond acceptors (Lipinski definition) is 9. The highest BCUT2D eigenvalue weighted by Gasteiger charge is 2.51. The van der Waals surface area contributed by atoms with Crippen molar-refractivity contribution in [3.05, 3.63) is 66.5 Å². The molecular formula is C46H55N9O7. The number of benzene rings is 2. The quantitative estimate of drug-likeness (QED) is 0.111. The third-order valence-corrected chi connectivity index (χ3v) is 13.3. The normalized spacial score (nSPS) is 22.4. The van der Waals surface area contributed by atoms with Gasteiger partial charge in [-0.15, -0.1) is 0 Å². The first-order valence-corrected chi connectivity index (χ1v) is 21.7. The largest absolute Gasteiger partial charge is 0.470 e. The molecule has 1 unspecified atom stereocenters. The second-order valence-corrected chi connectivity index (χ2v) is 17.8. The maximum Gasteiger partial charge on any atom is 0.407 e. The van der Waals surface area contributed by atoms with E-state index in [9.17, 15) is 19.2 Å². The third-order valence-electron chi connectivity index (χ3n) is 13.3. The molecule has 1 aliphatic carbocycles. The lowest BCUT2D eigenvalue weighted by atomic mass is 9.95. The minimum Gasteiger partial charge on any atom is -0.470 e. The van der Waals surface area contributed by atoms with Gasteiger partial charge in [0.2, 0.25) is 11.8 Å². The number of ether oxygens (including phenoxy) is 3. The molecule has 3 aromatic heterocycles. The minimum absolute atomic E-state index is 0.104. The molecule has 4 aliphatic rings. The number of carbonyl (C=O) groups is 4. The third kappa shape index (κ3) is 7.12.